The smallest absolute Gasteiger partial charge is 0.238 e. The van der Waals surface area contributed by atoms with Gasteiger partial charge in [0.05, 0.1) is 27.5 Å². The van der Waals surface area contributed by atoms with E-state index in [1.807, 2.05) is 25.1 Å². The number of sulfonamides is 1. The van der Waals surface area contributed by atoms with E-state index in [2.05, 4.69) is 10.3 Å². The van der Waals surface area contributed by atoms with Crippen LogP contribution in [0.3, 0.4) is 0 Å². The number of hydrogen-bond donors (Lipinski definition) is 2. The van der Waals surface area contributed by atoms with Crippen LogP contribution in [0.2, 0.25) is 0 Å². The number of hydrogen-bond acceptors (Lipinski definition) is 7. The monoisotopic (exact) mass is 451 g/mol. The summed E-state index contributed by atoms with van der Waals surface area (Å²) in [6.45, 7) is 3.02. The van der Waals surface area contributed by atoms with Crippen molar-refractivity contribution < 1.29 is 17.9 Å². The van der Waals surface area contributed by atoms with Crippen LogP contribution in [-0.4, -0.2) is 38.2 Å². The van der Waals surface area contributed by atoms with Crippen LogP contribution in [0.1, 0.15) is 12.5 Å². The van der Waals surface area contributed by atoms with Gasteiger partial charge in [0.1, 0.15) is 5.75 Å². The number of thiazole rings is 1. The molecule has 3 rings (SSSR count). The van der Waals surface area contributed by atoms with Crippen molar-refractivity contribution >= 4 is 49.2 Å². The van der Waals surface area contributed by atoms with Crippen molar-refractivity contribution in [3.8, 4) is 5.75 Å². The third-order valence-electron chi connectivity index (χ3n) is 3.97. The summed E-state index contributed by atoms with van der Waals surface area (Å²) in [5, 5.41) is 7.94. The quantitative estimate of drug-likeness (QED) is 0.484. The molecular weight excluding hydrogens is 430 g/mol. The van der Waals surface area contributed by atoms with Crippen molar-refractivity contribution in [2.75, 3.05) is 18.9 Å². The number of carbonyl (C=O) groups excluding carboxylic acids is 1. The zero-order valence-corrected chi connectivity index (χ0v) is 18.2. The van der Waals surface area contributed by atoms with Gasteiger partial charge in [-0.1, -0.05) is 23.9 Å². The van der Waals surface area contributed by atoms with Gasteiger partial charge in [-0.2, -0.15) is 0 Å². The number of benzene rings is 2. The molecule has 0 aliphatic carbocycles. The van der Waals surface area contributed by atoms with Crippen molar-refractivity contribution in [1.29, 1.82) is 0 Å². The molecule has 0 fully saturated rings. The summed E-state index contributed by atoms with van der Waals surface area (Å²) in [5.41, 5.74) is 1.81. The van der Waals surface area contributed by atoms with Gasteiger partial charge in [-0.05, 0) is 49.2 Å². The number of primary sulfonamides is 1. The molecule has 0 saturated heterocycles. The van der Waals surface area contributed by atoms with Gasteiger partial charge in [0.2, 0.25) is 15.9 Å². The minimum Gasteiger partial charge on any atom is -0.494 e. The molecule has 29 heavy (non-hydrogen) atoms. The summed E-state index contributed by atoms with van der Waals surface area (Å²) < 4.78 is 29.9. The molecule has 0 atom stereocenters. The van der Waals surface area contributed by atoms with Gasteiger partial charge >= 0.3 is 0 Å². The number of fused-ring (bicyclic) bond motifs is 1. The van der Waals surface area contributed by atoms with Gasteiger partial charge in [-0.3, -0.25) is 4.79 Å². The lowest BCUT2D eigenvalue weighted by atomic mass is 10.1. The SMILES string of the molecule is CCOc1ccc2nc(SCC(=O)NCCc3ccc(S(N)(=O)=O)cc3)sc2c1. The van der Waals surface area contributed by atoms with E-state index >= 15 is 0 Å². The highest BCUT2D eigenvalue weighted by Crippen LogP contribution is 2.31. The van der Waals surface area contributed by atoms with Crippen LogP contribution in [0.25, 0.3) is 10.2 Å². The molecule has 7 nitrogen and oxygen atoms in total. The van der Waals surface area contributed by atoms with E-state index in [1.54, 1.807) is 12.1 Å². The maximum atomic E-state index is 12.1. The average Bonchev–Trinajstić information content (AvgIpc) is 3.09. The Kier molecular flexibility index (Phi) is 7.12. The van der Waals surface area contributed by atoms with Crippen LogP contribution in [0, 0.1) is 0 Å². The summed E-state index contributed by atoms with van der Waals surface area (Å²) in [7, 11) is -3.69. The van der Waals surface area contributed by atoms with Crippen LogP contribution < -0.4 is 15.2 Å². The van der Waals surface area contributed by atoms with Gasteiger partial charge in [-0.15, -0.1) is 11.3 Å². The number of ether oxygens (including phenoxy) is 1. The Morgan fingerprint density at radius 3 is 2.69 bits per heavy atom. The standard InChI is InChI=1S/C19H21N3O4S3/c1-2-26-14-5-8-16-17(11-14)28-19(22-16)27-12-18(23)21-10-9-13-3-6-15(7-4-13)29(20,24)25/h3-8,11H,2,9-10,12H2,1H3,(H,21,23)(H2,20,24,25). The topological polar surface area (TPSA) is 111 Å². The van der Waals surface area contributed by atoms with E-state index in [0.29, 0.717) is 19.6 Å². The number of thioether (sulfide) groups is 1. The Morgan fingerprint density at radius 1 is 1.24 bits per heavy atom. The van der Waals surface area contributed by atoms with Gasteiger partial charge in [0, 0.05) is 6.54 Å². The van der Waals surface area contributed by atoms with Crippen LogP contribution in [0.5, 0.6) is 5.75 Å². The highest BCUT2D eigenvalue weighted by molar-refractivity contribution is 8.01. The summed E-state index contributed by atoms with van der Waals surface area (Å²) >= 11 is 2.93. The van der Waals surface area contributed by atoms with Gasteiger partial charge < -0.3 is 10.1 Å². The predicted molar refractivity (Wildman–Crippen MR) is 116 cm³/mol. The van der Waals surface area contributed by atoms with Crippen molar-refractivity contribution in [1.82, 2.24) is 10.3 Å². The molecule has 2 aromatic carbocycles. The van der Waals surface area contributed by atoms with Crippen LogP contribution in [-0.2, 0) is 21.2 Å². The number of nitrogens with one attached hydrogen (secondary N) is 1. The van der Waals surface area contributed by atoms with Crippen molar-refractivity contribution in [3.05, 3.63) is 48.0 Å². The fourth-order valence-electron chi connectivity index (χ4n) is 2.57. The van der Waals surface area contributed by atoms with E-state index in [4.69, 9.17) is 9.88 Å². The number of nitrogens with two attached hydrogens (primary N) is 1. The summed E-state index contributed by atoms with van der Waals surface area (Å²) in [4.78, 5) is 16.7. The molecule has 3 N–H and O–H groups in total. The number of rotatable bonds is 9. The van der Waals surface area contributed by atoms with E-state index in [1.165, 1.54) is 35.2 Å². The third-order valence-corrected chi connectivity index (χ3v) is 7.06. The molecule has 0 spiro atoms. The molecule has 0 aliphatic heterocycles. The second-order valence-corrected chi connectivity index (χ2v) is 9.93. The molecule has 0 unspecified atom stereocenters. The first-order valence-electron chi connectivity index (χ1n) is 8.90. The Balaban J connectivity index is 1.45. The average molecular weight is 452 g/mol. The molecular formula is C19H21N3O4S3. The van der Waals surface area contributed by atoms with Crippen LogP contribution in [0.15, 0.2) is 51.7 Å². The lowest BCUT2D eigenvalue weighted by molar-refractivity contribution is -0.118. The molecule has 154 valence electrons. The number of aromatic nitrogens is 1. The first-order valence-corrected chi connectivity index (χ1v) is 12.2. The minimum atomic E-state index is -3.69. The zero-order valence-electron chi connectivity index (χ0n) is 15.8. The Labute approximate surface area is 177 Å². The highest BCUT2D eigenvalue weighted by Gasteiger charge is 2.09. The van der Waals surface area contributed by atoms with Crippen molar-refractivity contribution in [2.45, 2.75) is 22.6 Å². The molecule has 0 bridgehead atoms. The fraction of sp³-hybridized carbons (Fsp3) is 0.263. The number of amides is 1. The molecule has 0 aliphatic rings. The molecule has 0 saturated carbocycles. The van der Waals surface area contributed by atoms with Gasteiger partial charge in [0.25, 0.3) is 0 Å². The molecule has 1 amide bonds. The zero-order chi connectivity index (χ0) is 20.9. The van der Waals surface area contributed by atoms with E-state index < -0.39 is 10.0 Å². The Morgan fingerprint density at radius 2 is 2.00 bits per heavy atom. The lowest BCUT2D eigenvalue weighted by Gasteiger charge is -2.05. The van der Waals surface area contributed by atoms with Gasteiger partial charge in [0.15, 0.2) is 4.34 Å². The number of nitrogens with zero attached hydrogens (tertiary/aromatic N) is 1. The van der Waals surface area contributed by atoms with E-state index in [-0.39, 0.29) is 16.6 Å². The lowest BCUT2D eigenvalue weighted by Crippen LogP contribution is -2.27. The summed E-state index contributed by atoms with van der Waals surface area (Å²) in [6.07, 6.45) is 0.600. The highest BCUT2D eigenvalue weighted by atomic mass is 32.2. The molecule has 1 heterocycles. The first kappa shape index (κ1) is 21.6. The van der Waals surface area contributed by atoms with Crippen LogP contribution in [0.4, 0.5) is 0 Å². The van der Waals surface area contributed by atoms with Gasteiger partial charge in [-0.25, -0.2) is 18.5 Å². The first-order chi connectivity index (χ1) is 13.8. The van der Waals surface area contributed by atoms with Crippen molar-refractivity contribution in [2.24, 2.45) is 5.14 Å². The third kappa shape index (κ3) is 6.17. The Hall–Kier alpha value is -2.14. The van der Waals surface area contributed by atoms with E-state index in [0.717, 1.165) is 25.9 Å². The largest absolute Gasteiger partial charge is 0.494 e. The minimum absolute atomic E-state index is 0.0749. The summed E-state index contributed by atoms with van der Waals surface area (Å²) in [5.74, 6) is 1.02. The second-order valence-electron chi connectivity index (χ2n) is 6.12. The Bertz CT molecular complexity index is 1100. The maximum absolute atomic E-state index is 12.1. The number of carbonyl (C=O) groups is 1. The van der Waals surface area contributed by atoms with Crippen molar-refractivity contribution in [3.63, 3.8) is 0 Å². The fourth-order valence-corrected chi connectivity index (χ4v) is 5.01. The second kappa shape index (κ2) is 9.57. The molecule has 1 aromatic heterocycles. The maximum Gasteiger partial charge on any atom is 0.238 e. The molecule has 3 aromatic rings. The predicted octanol–water partition coefficient (Wildman–Crippen LogP) is 2.79. The normalized spacial score (nSPS) is 11.5. The van der Waals surface area contributed by atoms with E-state index in [9.17, 15) is 13.2 Å². The molecule has 10 heteroatoms. The van der Waals surface area contributed by atoms with Crippen LogP contribution >= 0.6 is 23.1 Å². The molecule has 0 radical (unpaired) electrons. The summed E-state index contributed by atoms with van der Waals surface area (Å²) in [6, 6.07) is 12.1.